The van der Waals surface area contributed by atoms with Crippen molar-refractivity contribution >= 4 is 11.8 Å². The maximum atomic E-state index is 13.8. The van der Waals surface area contributed by atoms with Gasteiger partial charge >= 0.3 is 6.03 Å². The van der Waals surface area contributed by atoms with Gasteiger partial charge in [-0.25, -0.2) is 23.5 Å². The molecular formula is C13H19F2N5O2. The zero-order valence-electron chi connectivity index (χ0n) is 12.5. The molecule has 1 aliphatic rings. The highest BCUT2D eigenvalue weighted by atomic mass is 19.3. The lowest BCUT2D eigenvalue weighted by molar-refractivity contribution is -0.0813. The van der Waals surface area contributed by atoms with E-state index in [1.807, 2.05) is 6.92 Å². The Bertz CT molecular complexity index is 512. The lowest BCUT2D eigenvalue weighted by Gasteiger charge is -2.37. The van der Waals surface area contributed by atoms with Gasteiger partial charge in [0.1, 0.15) is 6.04 Å². The van der Waals surface area contributed by atoms with Gasteiger partial charge in [-0.2, -0.15) is 0 Å². The second kappa shape index (κ2) is 6.82. The van der Waals surface area contributed by atoms with Gasteiger partial charge in [0.15, 0.2) is 5.82 Å². The van der Waals surface area contributed by atoms with Crippen LogP contribution in [0.25, 0.3) is 0 Å². The van der Waals surface area contributed by atoms with Crippen LogP contribution in [0, 0.1) is 0 Å². The molecule has 1 aliphatic heterocycles. The number of likely N-dealkylation sites (N-methyl/N-ethyl adjacent to an activating group) is 1. The standard InChI is InChI=1S/C13H19F2N5O2/c1-3-22-11-8-17-10(7-18-11)19-12(21)20(2)9-6-16-5-4-13(9,14)15/h7-9,16H,3-6H2,1-2H3,(H,17,19,21)/t9-/m0/s1. The highest BCUT2D eigenvalue weighted by molar-refractivity contribution is 5.88. The van der Waals surface area contributed by atoms with Crippen molar-refractivity contribution < 1.29 is 18.3 Å². The molecule has 0 spiro atoms. The number of piperidine rings is 1. The molecular weight excluding hydrogens is 296 g/mol. The molecule has 1 saturated heterocycles. The summed E-state index contributed by atoms with van der Waals surface area (Å²) in [4.78, 5) is 21.0. The molecule has 22 heavy (non-hydrogen) atoms. The maximum absolute atomic E-state index is 13.8. The van der Waals surface area contributed by atoms with Crippen LogP contribution < -0.4 is 15.4 Å². The summed E-state index contributed by atoms with van der Waals surface area (Å²) in [5.41, 5.74) is 0. The van der Waals surface area contributed by atoms with Crippen LogP contribution in [0.5, 0.6) is 5.88 Å². The van der Waals surface area contributed by atoms with E-state index >= 15 is 0 Å². The third-order valence-electron chi connectivity index (χ3n) is 3.40. The minimum absolute atomic E-state index is 0.0475. The first-order chi connectivity index (χ1) is 10.4. The van der Waals surface area contributed by atoms with Crippen LogP contribution in [-0.4, -0.2) is 59.6 Å². The van der Waals surface area contributed by atoms with E-state index in [0.717, 1.165) is 4.90 Å². The Balaban J connectivity index is 1.98. The van der Waals surface area contributed by atoms with E-state index in [4.69, 9.17) is 4.74 Å². The van der Waals surface area contributed by atoms with E-state index < -0.39 is 18.0 Å². The molecule has 0 aliphatic carbocycles. The number of carbonyl (C=O) groups is 1. The minimum Gasteiger partial charge on any atom is -0.477 e. The fourth-order valence-corrected chi connectivity index (χ4v) is 2.17. The van der Waals surface area contributed by atoms with Gasteiger partial charge in [-0.05, 0) is 6.92 Å². The fourth-order valence-electron chi connectivity index (χ4n) is 2.17. The molecule has 0 aromatic carbocycles. The number of nitrogens with zero attached hydrogens (tertiary/aromatic N) is 3. The average molecular weight is 315 g/mol. The molecule has 1 aromatic rings. The highest BCUT2D eigenvalue weighted by Gasteiger charge is 2.45. The smallest absolute Gasteiger partial charge is 0.323 e. The van der Waals surface area contributed by atoms with Crippen LogP contribution in [0.3, 0.4) is 0 Å². The summed E-state index contributed by atoms with van der Waals surface area (Å²) < 4.78 is 32.8. The molecule has 2 rings (SSSR count). The molecule has 0 saturated carbocycles. The molecule has 7 nitrogen and oxygen atoms in total. The summed E-state index contributed by atoms with van der Waals surface area (Å²) in [7, 11) is 1.34. The topological polar surface area (TPSA) is 79.4 Å². The maximum Gasteiger partial charge on any atom is 0.323 e. The van der Waals surface area contributed by atoms with Gasteiger partial charge < -0.3 is 15.0 Å². The second-order valence-corrected chi connectivity index (χ2v) is 4.94. The SMILES string of the molecule is CCOc1cnc(NC(=O)N(C)[C@H]2CNCCC2(F)F)cn1. The quantitative estimate of drug-likeness (QED) is 0.876. The number of ether oxygens (including phenoxy) is 1. The first-order valence-electron chi connectivity index (χ1n) is 7.01. The number of hydrogen-bond donors (Lipinski definition) is 2. The number of carbonyl (C=O) groups excluding carboxylic acids is 1. The van der Waals surface area contributed by atoms with Crippen LogP contribution in [0.1, 0.15) is 13.3 Å². The number of anilines is 1. The van der Waals surface area contributed by atoms with Gasteiger partial charge in [0, 0.05) is 26.6 Å². The first kappa shape index (κ1) is 16.3. The van der Waals surface area contributed by atoms with Crippen LogP contribution in [0.4, 0.5) is 19.4 Å². The largest absolute Gasteiger partial charge is 0.477 e. The fraction of sp³-hybridized carbons (Fsp3) is 0.615. The van der Waals surface area contributed by atoms with E-state index in [1.165, 1.54) is 19.4 Å². The molecule has 0 bridgehead atoms. The normalized spacial score (nSPS) is 20.3. The predicted octanol–water partition coefficient (Wildman–Crippen LogP) is 1.34. The van der Waals surface area contributed by atoms with Crippen molar-refractivity contribution in [3.63, 3.8) is 0 Å². The van der Waals surface area contributed by atoms with Gasteiger partial charge in [0.25, 0.3) is 5.92 Å². The lowest BCUT2D eigenvalue weighted by atomic mass is 10.0. The number of rotatable bonds is 4. The Morgan fingerprint density at radius 2 is 2.32 bits per heavy atom. The van der Waals surface area contributed by atoms with Crippen LogP contribution in [0.15, 0.2) is 12.4 Å². The Morgan fingerprint density at radius 1 is 1.55 bits per heavy atom. The summed E-state index contributed by atoms with van der Waals surface area (Å²) >= 11 is 0. The Morgan fingerprint density at radius 3 is 2.91 bits per heavy atom. The summed E-state index contributed by atoms with van der Waals surface area (Å²) in [6, 6.07) is -1.86. The van der Waals surface area contributed by atoms with E-state index in [-0.39, 0.29) is 25.3 Å². The number of hydrogen-bond acceptors (Lipinski definition) is 5. The number of aromatic nitrogens is 2. The molecule has 2 N–H and O–H groups in total. The van der Waals surface area contributed by atoms with Gasteiger partial charge in [-0.1, -0.05) is 0 Å². The molecule has 0 unspecified atom stereocenters. The highest BCUT2D eigenvalue weighted by Crippen LogP contribution is 2.28. The molecule has 1 atom stereocenters. The van der Waals surface area contributed by atoms with Crippen molar-refractivity contribution in [3.8, 4) is 5.88 Å². The predicted molar refractivity (Wildman–Crippen MR) is 76.2 cm³/mol. The van der Waals surface area contributed by atoms with Crippen LogP contribution in [0.2, 0.25) is 0 Å². The Labute approximate surface area is 127 Å². The minimum atomic E-state index is -2.91. The van der Waals surface area contributed by atoms with E-state index in [1.54, 1.807) is 0 Å². The molecule has 2 heterocycles. The lowest BCUT2D eigenvalue weighted by Crippen LogP contribution is -2.58. The van der Waals surface area contributed by atoms with E-state index in [2.05, 4.69) is 20.6 Å². The molecule has 1 aromatic heterocycles. The van der Waals surface area contributed by atoms with E-state index in [9.17, 15) is 13.6 Å². The van der Waals surface area contributed by atoms with Gasteiger partial charge in [0.05, 0.1) is 19.0 Å². The van der Waals surface area contributed by atoms with Crippen molar-refractivity contribution in [2.75, 3.05) is 32.1 Å². The average Bonchev–Trinajstić information content (AvgIpc) is 2.48. The summed E-state index contributed by atoms with van der Waals surface area (Å²) in [5.74, 6) is -2.41. The molecule has 9 heteroatoms. The van der Waals surface area contributed by atoms with Crippen molar-refractivity contribution in [1.29, 1.82) is 0 Å². The number of halogens is 2. The molecule has 0 radical (unpaired) electrons. The number of alkyl halides is 2. The van der Waals surface area contributed by atoms with Crippen molar-refractivity contribution in [2.24, 2.45) is 0 Å². The van der Waals surface area contributed by atoms with E-state index in [0.29, 0.717) is 12.5 Å². The van der Waals surface area contributed by atoms with Gasteiger partial charge in [0.2, 0.25) is 5.88 Å². The third kappa shape index (κ3) is 3.79. The number of amides is 2. The van der Waals surface area contributed by atoms with Crippen molar-refractivity contribution in [3.05, 3.63) is 12.4 Å². The van der Waals surface area contributed by atoms with Gasteiger partial charge in [-0.15, -0.1) is 0 Å². The molecule has 2 amide bonds. The second-order valence-electron chi connectivity index (χ2n) is 4.94. The number of urea groups is 1. The van der Waals surface area contributed by atoms with Gasteiger partial charge in [-0.3, -0.25) is 5.32 Å². The van der Waals surface area contributed by atoms with Crippen LogP contribution in [-0.2, 0) is 0 Å². The van der Waals surface area contributed by atoms with Crippen molar-refractivity contribution in [2.45, 2.75) is 25.3 Å². The molecule has 1 fully saturated rings. The third-order valence-corrected chi connectivity index (χ3v) is 3.40. The summed E-state index contributed by atoms with van der Waals surface area (Å²) in [6.07, 6.45) is 2.38. The Kier molecular flexibility index (Phi) is 5.07. The summed E-state index contributed by atoms with van der Waals surface area (Å²) in [5, 5.41) is 5.31. The van der Waals surface area contributed by atoms with Crippen LogP contribution >= 0.6 is 0 Å². The monoisotopic (exact) mass is 315 g/mol. The first-order valence-corrected chi connectivity index (χ1v) is 7.01. The number of nitrogens with one attached hydrogen (secondary N) is 2. The zero-order chi connectivity index (χ0) is 16.2. The Hall–Kier alpha value is -2.03. The zero-order valence-corrected chi connectivity index (χ0v) is 12.5. The van der Waals surface area contributed by atoms with Crippen molar-refractivity contribution in [1.82, 2.24) is 20.2 Å². The molecule has 122 valence electrons. The summed E-state index contributed by atoms with van der Waals surface area (Å²) in [6.45, 7) is 2.55.